The first kappa shape index (κ1) is 22.4. The highest BCUT2D eigenvalue weighted by molar-refractivity contribution is 6.06. The summed E-state index contributed by atoms with van der Waals surface area (Å²) in [5.74, 6) is -0.128. The summed E-state index contributed by atoms with van der Waals surface area (Å²) < 4.78 is 34.5. The molecule has 1 heterocycles. The Balaban J connectivity index is 1.98. The molecule has 1 aromatic carbocycles. The number of ether oxygens (including phenoxy) is 6. The first-order chi connectivity index (χ1) is 15.3. The van der Waals surface area contributed by atoms with Crippen molar-refractivity contribution in [1.29, 1.82) is 0 Å². The highest BCUT2D eigenvalue weighted by Crippen LogP contribution is 2.62. The number of benzene rings is 1. The van der Waals surface area contributed by atoms with Crippen LogP contribution in [-0.4, -0.2) is 57.2 Å². The van der Waals surface area contributed by atoms with Gasteiger partial charge in [-0.3, -0.25) is 9.59 Å². The maximum atomic E-state index is 13.9. The average molecular weight is 444 g/mol. The molecule has 0 aromatic heterocycles. The molecule has 3 aliphatic rings. The third-order valence-electron chi connectivity index (χ3n) is 6.90. The summed E-state index contributed by atoms with van der Waals surface area (Å²) in [6, 6.07) is 3.63. The molecule has 0 spiro atoms. The second-order valence-corrected chi connectivity index (χ2v) is 8.26. The van der Waals surface area contributed by atoms with E-state index in [0.717, 1.165) is 5.56 Å². The Bertz CT molecular complexity index is 998. The van der Waals surface area contributed by atoms with Gasteiger partial charge in [0.25, 0.3) is 0 Å². The molecule has 1 saturated carbocycles. The summed E-state index contributed by atoms with van der Waals surface area (Å²) >= 11 is 0. The molecule has 8 nitrogen and oxygen atoms in total. The SMILES string of the molecule is C=CCC1=C[C@@]2(OC)[C@H](C)[C@@H](c3cc(OC)c4c(c3)OCO4)[C@@](OC)(C1=O)[C@@H]2OC(C)=O. The van der Waals surface area contributed by atoms with Gasteiger partial charge in [-0.15, -0.1) is 6.58 Å². The van der Waals surface area contributed by atoms with Crippen LogP contribution in [0.5, 0.6) is 17.2 Å². The Morgan fingerprint density at radius 1 is 1.25 bits per heavy atom. The third-order valence-corrected chi connectivity index (χ3v) is 6.90. The number of methoxy groups -OCH3 is 3. The number of Topliss-reactive ketones (excluding diaryl/α,β-unsaturated/α-hetero) is 1. The number of esters is 1. The number of carbonyl (C=O) groups is 2. The Morgan fingerprint density at radius 2 is 2.00 bits per heavy atom. The van der Waals surface area contributed by atoms with Crippen LogP contribution in [0, 0.1) is 5.92 Å². The minimum Gasteiger partial charge on any atom is -0.493 e. The first-order valence-electron chi connectivity index (χ1n) is 10.4. The molecule has 0 radical (unpaired) electrons. The van der Waals surface area contributed by atoms with Gasteiger partial charge in [0.15, 0.2) is 29.0 Å². The first-order valence-corrected chi connectivity index (χ1v) is 10.4. The van der Waals surface area contributed by atoms with Crippen molar-refractivity contribution in [2.24, 2.45) is 5.92 Å². The number of hydrogen-bond acceptors (Lipinski definition) is 8. The Labute approximate surface area is 187 Å². The van der Waals surface area contributed by atoms with Crippen LogP contribution in [0.2, 0.25) is 0 Å². The number of ketones is 1. The van der Waals surface area contributed by atoms with E-state index in [-0.39, 0.29) is 18.5 Å². The topological polar surface area (TPSA) is 89.5 Å². The standard InChI is InChI=1S/C24H28O8/c1-7-8-15-11-23(28-5)13(2)19(24(29-6,21(15)26)22(23)32-14(3)25)16-9-17(27-4)20-18(10-16)30-12-31-20/h7,9-11,13,19,22H,1,8,12H2,2-6H3/t13-,19+,22-,23-,24-/m1/s1. The summed E-state index contributed by atoms with van der Waals surface area (Å²) in [5.41, 5.74) is -1.35. The molecule has 4 rings (SSSR count). The van der Waals surface area contributed by atoms with Gasteiger partial charge in [-0.05, 0) is 30.2 Å². The Hall–Kier alpha value is -2.84. The molecular formula is C24H28O8. The molecule has 5 atom stereocenters. The molecule has 0 amide bonds. The second kappa shape index (κ2) is 7.94. The molecular weight excluding hydrogens is 416 g/mol. The Morgan fingerprint density at radius 3 is 2.59 bits per heavy atom. The number of carbonyl (C=O) groups excluding carboxylic acids is 2. The molecule has 1 aliphatic heterocycles. The van der Waals surface area contributed by atoms with E-state index in [4.69, 9.17) is 28.4 Å². The zero-order valence-electron chi connectivity index (χ0n) is 18.9. The highest BCUT2D eigenvalue weighted by atomic mass is 16.7. The second-order valence-electron chi connectivity index (χ2n) is 8.26. The van der Waals surface area contributed by atoms with E-state index >= 15 is 0 Å². The van der Waals surface area contributed by atoms with Crippen molar-refractivity contribution in [3.8, 4) is 17.2 Å². The highest BCUT2D eigenvalue weighted by Gasteiger charge is 2.74. The van der Waals surface area contributed by atoms with E-state index in [1.54, 1.807) is 19.3 Å². The Kier molecular flexibility index (Phi) is 5.55. The van der Waals surface area contributed by atoms with Crippen LogP contribution in [0.3, 0.4) is 0 Å². The summed E-state index contributed by atoms with van der Waals surface area (Å²) in [6.45, 7) is 7.12. The zero-order valence-corrected chi connectivity index (χ0v) is 18.9. The van der Waals surface area contributed by atoms with Gasteiger partial charge in [-0.2, -0.15) is 0 Å². The molecule has 172 valence electrons. The molecule has 2 bridgehead atoms. The van der Waals surface area contributed by atoms with E-state index in [1.165, 1.54) is 21.1 Å². The smallest absolute Gasteiger partial charge is 0.303 e. The fourth-order valence-corrected chi connectivity index (χ4v) is 5.62. The van der Waals surface area contributed by atoms with Gasteiger partial charge in [-0.1, -0.05) is 13.0 Å². The van der Waals surface area contributed by atoms with Crippen LogP contribution in [0.15, 0.2) is 36.4 Å². The van der Waals surface area contributed by atoms with Crippen LogP contribution in [0.1, 0.15) is 31.7 Å². The van der Waals surface area contributed by atoms with E-state index in [1.807, 2.05) is 19.1 Å². The molecule has 32 heavy (non-hydrogen) atoms. The normalized spacial score (nSPS) is 32.5. The summed E-state index contributed by atoms with van der Waals surface area (Å²) in [5, 5.41) is 0. The fraction of sp³-hybridized carbons (Fsp3) is 0.500. The summed E-state index contributed by atoms with van der Waals surface area (Å²) in [4.78, 5) is 26.0. The van der Waals surface area contributed by atoms with Crippen LogP contribution in [-0.2, 0) is 23.8 Å². The van der Waals surface area contributed by atoms with E-state index in [2.05, 4.69) is 6.58 Å². The largest absolute Gasteiger partial charge is 0.493 e. The van der Waals surface area contributed by atoms with Crippen LogP contribution >= 0.6 is 0 Å². The quantitative estimate of drug-likeness (QED) is 0.469. The van der Waals surface area contributed by atoms with Crippen molar-refractivity contribution in [3.05, 3.63) is 42.0 Å². The van der Waals surface area contributed by atoms with Crippen LogP contribution in [0.4, 0.5) is 0 Å². The average Bonchev–Trinajstić information content (AvgIpc) is 3.30. The maximum Gasteiger partial charge on any atom is 0.303 e. The molecule has 0 N–H and O–H groups in total. The molecule has 0 unspecified atom stereocenters. The lowest BCUT2D eigenvalue weighted by atomic mass is 9.74. The lowest BCUT2D eigenvalue weighted by Crippen LogP contribution is -2.61. The van der Waals surface area contributed by atoms with Gasteiger partial charge in [-0.25, -0.2) is 0 Å². The van der Waals surface area contributed by atoms with Gasteiger partial charge in [0.1, 0.15) is 5.60 Å². The van der Waals surface area contributed by atoms with E-state index in [9.17, 15) is 9.59 Å². The van der Waals surface area contributed by atoms with E-state index in [0.29, 0.717) is 29.2 Å². The number of fused-ring (bicyclic) bond motifs is 3. The predicted octanol–water partition coefficient (Wildman–Crippen LogP) is 2.94. The van der Waals surface area contributed by atoms with Crippen molar-refractivity contribution >= 4 is 11.8 Å². The number of rotatable bonds is 7. The van der Waals surface area contributed by atoms with E-state index < -0.39 is 29.2 Å². The lowest BCUT2D eigenvalue weighted by molar-refractivity contribution is -0.191. The van der Waals surface area contributed by atoms with Crippen molar-refractivity contribution in [2.75, 3.05) is 28.1 Å². The molecule has 1 fully saturated rings. The zero-order chi connectivity index (χ0) is 23.3. The van der Waals surface area contributed by atoms with Crippen LogP contribution < -0.4 is 14.2 Å². The third kappa shape index (κ3) is 2.82. The van der Waals surface area contributed by atoms with Crippen molar-refractivity contribution < 1.29 is 38.0 Å². The minimum absolute atomic E-state index is 0.0762. The molecule has 0 saturated heterocycles. The van der Waals surface area contributed by atoms with Gasteiger partial charge in [0.05, 0.1) is 7.11 Å². The van der Waals surface area contributed by atoms with Gasteiger partial charge in [0.2, 0.25) is 12.5 Å². The monoisotopic (exact) mass is 444 g/mol. The van der Waals surface area contributed by atoms with Crippen molar-refractivity contribution in [3.63, 3.8) is 0 Å². The number of hydrogen-bond donors (Lipinski definition) is 0. The van der Waals surface area contributed by atoms with Gasteiger partial charge < -0.3 is 28.4 Å². The molecule has 8 heteroatoms. The van der Waals surface area contributed by atoms with Gasteiger partial charge >= 0.3 is 5.97 Å². The van der Waals surface area contributed by atoms with Crippen molar-refractivity contribution in [2.45, 2.75) is 43.5 Å². The maximum absolute atomic E-state index is 13.9. The summed E-state index contributed by atoms with van der Waals surface area (Å²) in [6.07, 6.45) is 2.79. The molecule has 1 aromatic rings. The minimum atomic E-state index is -1.51. The predicted molar refractivity (Wildman–Crippen MR) is 114 cm³/mol. The fourth-order valence-electron chi connectivity index (χ4n) is 5.62. The molecule has 2 aliphatic carbocycles. The lowest BCUT2D eigenvalue weighted by Gasteiger charge is -2.43. The van der Waals surface area contributed by atoms with Crippen molar-refractivity contribution in [1.82, 2.24) is 0 Å². The summed E-state index contributed by atoms with van der Waals surface area (Å²) in [7, 11) is 4.55. The number of allylic oxidation sites excluding steroid dienone is 1. The van der Waals surface area contributed by atoms with Crippen LogP contribution in [0.25, 0.3) is 0 Å². The van der Waals surface area contributed by atoms with Gasteiger partial charge in [0, 0.05) is 38.6 Å².